The summed E-state index contributed by atoms with van der Waals surface area (Å²) in [6.07, 6.45) is 1.79. The maximum atomic E-state index is 12.6. The number of carbonyl (C=O) groups is 2. The van der Waals surface area contributed by atoms with Crippen LogP contribution in [0.3, 0.4) is 0 Å². The maximum Gasteiger partial charge on any atom is 0.227 e. The number of rotatable bonds is 5. The van der Waals surface area contributed by atoms with Crippen LogP contribution in [0, 0.1) is 5.92 Å². The Bertz CT molecular complexity index is 571. The molecule has 0 aromatic heterocycles. The van der Waals surface area contributed by atoms with Crippen molar-refractivity contribution in [3.8, 4) is 5.75 Å². The number of methoxy groups -OCH3 is 1. The standard InChI is InChI=1S/C19H28N2O3/c1-15(2)12-18(22)20-8-5-9-21(11-10-20)19(23)14-16-6-4-7-17(13-16)24-3/h4,6-7,13,15H,5,8-12,14H2,1-3H3. The Balaban J connectivity index is 1.90. The molecule has 0 atom stereocenters. The van der Waals surface area contributed by atoms with Gasteiger partial charge in [-0.25, -0.2) is 0 Å². The fourth-order valence-electron chi connectivity index (χ4n) is 2.96. The minimum Gasteiger partial charge on any atom is -0.497 e. The number of hydrogen-bond acceptors (Lipinski definition) is 3. The lowest BCUT2D eigenvalue weighted by atomic mass is 10.1. The van der Waals surface area contributed by atoms with Crippen molar-refractivity contribution in [3.05, 3.63) is 29.8 Å². The van der Waals surface area contributed by atoms with E-state index in [2.05, 4.69) is 13.8 Å². The summed E-state index contributed by atoms with van der Waals surface area (Å²) in [4.78, 5) is 28.5. The zero-order valence-electron chi connectivity index (χ0n) is 15.0. The first-order valence-corrected chi connectivity index (χ1v) is 8.68. The van der Waals surface area contributed by atoms with Crippen molar-refractivity contribution in [2.75, 3.05) is 33.3 Å². The highest BCUT2D eigenvalue weighted by Crippen LogP contribution is 2.15. The van der Waals surface area contributed by atoms with Crippen molar-refractivity contribution in [1.82, 2.24) is 9.80 Å². The van der Waals surface area contributed by atoms with Crippen molar-refractivity contribution in [2.24, 2.45) is 5.92 Å². The second kappa shape index (κ2) is 8.71. The molecule has 1 aliphatic rings. The molecule has 1 aliphatic heterocycles. The van der Waals surface area contributed by atoms with Gasteiger partial charge in [-0.2, -0.15) is 0 Å². The highest BCUT2D eigenvalue weighted by atomic mass is 16.5. The minimum absolute atomic E-state index is 0.112. The van der Waals surface area contributed by atoms with Crippen LogP contribution >= 0.6 is 0 Å². The Kier molecular flexibility index (Phi) is 6.64. The molecule has 2 amide bonds. The Morgan fingerprint density at radius 1 is 1.08 bits per heavy atom. The summed E-state index contributed by atoms with van der Waals surface area (Å²) in [5, 5.41) is 0. The molecule has 1 saturated heterocycles. The summed E-state index contributed by atoms with van der Waals surface area (Å²) in [6.45, 7) is 6.82. The lowest BCUT2D eigenvalue weighted by Crippen LogP contribution is -2.38. The maximum absolute atomic E-state index is 12.6. The number of hydrogen-bond donors (Lipinski definition) is 0. The third kappa shape index (κ3) is 5.25. The van der Waals surface area contributed by atoms with E-state index in [4.69, 9.17) is 4.74 Å². The first kappa shape index (κ1) is 18.3. The number of ether oxygens (including phenoxy) is 1. The van der Waals surface area contributed by atoms with Crippen LogP contribution in [0.4, 0.5) is 0 Å². The van der Waals surface area contributed by atoms with Gasteiger partial charge in [-0.05, 0) is 30.0 Å². The van der Waals surface area contributed by atoms with E-state index < -0.39 is 0 Å². The van der Waals surface area contributed by atoms with E-state index in [0.29, 0.717) is 38.4 Å². The van der Waals surface area contributed by atoms with Crippen molar-refractivity contribution < 1.29 is 14.3 Å². The van der Waals surface area contributed by atoms with Gasteiger partial charge >= 0.3 is 0 Å². The molecule has 1 aromatic rings. The fraction of sp³-hybridized carbons (Fsp3) is 0.579. The van der Waals surface area contributed by atoms with Crippen LogP contribution in [0.2, 0.25) is 0 Å². The van der Waals surface area contributed by atoms with Crippen LogP contribution in [0.5, 0.6) is 5.75 Å². The average Bonchev–Trinajstić information content (AvgIpc) is 2.80. The summed E-state index contributed by atoms with van der Waals surface area (Å²) >= 11 is 0. The van der Waals surface area contributed by atoms with Gasteiger partial charge in [-0.3, -0.25) is 9.59 Å². The summed E-state index contributed by atoms with van der Waals surface area (Å²) in [7, 11) is 1.62. The van der Waals surface area contributed by atoms with Crippen molar-refractivity contribution in [3.63, 3.8) is 0 Å². The summed E-state index contributed by atoms with van der Waals surface area (Å²) in [5.41, 5.74) is 0.955. The second-order valence-electron chi connectivity index (χ2n) is 6.74. The van der Waals surface area contributed by atoms with Crippen molar-refractivity contribution in [1.29, 1.82) is 0 Å². The molecular formula is C19H28N2O3. The van der Waals surface area contributed by atoms with Crippen LogP contribution in [-0.2, 0) is 16.0 Å². The van der Waals surface area contributed by atoms with E-state index in [1.165, 1.54) is 0 Å². The lowest BCUT2D eigenvalue weighted by molar-refractivity contribution is -0.133. The van der Waals surface area contributed by atoms with E-state index >= 15 is 0 Å². The van der Waals surface area contributed by atoms with Crippen LogP contribution in [0.1, 0.15) is 32.3 Å². The van der Waals surface area contributed by atoms with E-state index in [1.807, 2.05) is 34.1 Å². The van der Waals surface area contributed by atoms with E-state index in [1.54, 1.807) is 7.11 Å². The van der Waals surface area contributed by atoms with Crippen LogP contribution < -0.4 is 4.74 Å². The van der Waals surface area contributed by atoms with Crippen LogP contribution in [0.15, 0.2) is 24.3 Å². The molecule has 0 unspecified atom stereocenters. The number of carbonyl (C=O) groups excluding carboxylic acids is 2. The van der Waals surface area contributed by atoms with Gasteiger partial charge in [-0.15, -0.1) is 0 Å². The smallest absolute Gasteiger partial charge is 0.227 e. The predicted molar refractivity (Wildman–Crippen MR) is 93.9 cm³/mol. The topological polar surface area (TPSA) is 49.9 Å². The number of nitrogens with zero attached hydrogens (tertiary/aromatic N) is 2. The van der Waals surface area contributed by atoms with Gasteiger partial charge < -0.3 is 14.5 Å². The fourth-order valence-corrected chi connectivity index (χ4v) is 2.96. The normalized spacial score (nSPS) is 15.3. The minimum atomic E-state index is 0.112. The molecule has 5 nitrogen and oxygen atoms in total. The van der Waals surface area contributed by atoms with Gasteiger partial charge in [0.1, 0.15) is 5.75 Å². The molecule has 0 radical (unpaired) electrons. The van der Waals surface area contributed by atoms with E-state index in [-0.39, 0.29) is 11.8 Å². The SMILES string of the molecule is COc1cccc(CC(=O)N2CCCN(C(=O)CC(C)C)CC2)c1. The van der Waals surface area contributed by atoms with Gasteiger partial charge in [-0.1, -0.05) is 26.0 Å². The third-order valence-corrected chi connectivity index (χ3v) is 4.27. The second-order valence-corrected chi connectivity index (χ2v) is 6.74. The Morgan fingerprint density at radius 2 is 1.75 bits per heavy atom. The Labute approximate surface area is 144 Å². The van der Waals surface area contributed by atoms with Crippen LogP contribution in [0.25, 0.3) is 0 Å². The molecule has 0 spiro atoms. The monoisotopic (exact) mass is 332 g/mol. The molecule has 132 valence electrons. The van der Waals surface area contributed by atoms with Gasteiger partial charge in [0.2, 0.25) is 11.8 Å². The van der Waals surface area contributed by atoms with Crippen molar-refractivity contribution >= 4 is 11.8 Å². The molecule has 24 heavy (non-hydrogen) atoms. The molecule has 2 rings (SSSR count). The molecule has 0 saturated carbocycles. The van der Waals surface area contributed by atoms with E-state index in [0.717, 1.165) is 24.3 Å². The van der Waals surface area contributed by atoms with Gasteiger partial charge in [0.25, 0.3) is 0 Å². The molecule has 0 aliphatic carbocycles. The molecule has 1 heterocycles. The highest BCUT2D eigenvalue weighted by Gasteiger charge is 2.22. The zero-order valence-corrected chi connectivity index (χ0v) is 15.0. The van der Waals surface area contributed by atoms with Gasteiger partial charge in [0, 0.05) is 32.6 Å². The first-order valence-electron chi connectivity index (χ1n) is 8.68. The molecular weight excluding hydrogens is 304 g/mol. The first-order chi connectivity index (χ1) is 11.5. The third-order valence-electron chi connectivity index (χ3n) is 4.27. The van der Waals surface area contributed by atoms with Gasteiger partial charge in [0.15, 0.2) is 0 Å². The van der Waals surface area contributed by atoms with Gasteiger partial charge in [0.05, 0.1) is 13.5 Å². The average molecular weight is 332 g/mol. The quantitative estimate of drug-likeness (QED) is 0.832. The van der Waals surface area contributed by atoms with Crippen molar-refractivity contribution in [2.45, 2.75) is 33.1 Å². The summed E-state index contributed by atoms with van der Waals surface area (Å²) in [6, 6.07) is 7.61. The number of benzene rings is 1. The van der Waals surface area contributed by atoms with E-state index in [9.17, 15) is 9.59 Å². The molecule has 1 aromatic carbocycles. The Morgan fingerprint density at radius 3 is 2.38 bits per heavy atom. The molecule has 0 N–H and O–H groups in total. The summed E-state index contributed by atoms with van der Waals surface area (Å²) < 4.78 is 5.20. The van der Waals surface area contributed by atoms with Crippen LogP contribution in [-0.4, -0.2) is 54.9 Å². The molecule has 0 bridgehead atoms. The predicted octanol–water partition coefficient (Wildman–Crippen LogP) is 2.34. The lowest BCUT2D eigenvalue weighted by Gasteiger charge is -2.23. The highest BCUT2D eigenvalue weighted by molar-refractivity contribution is 5.79. The number of amides is 2. The molecule has 1 fully saturated rings. The zero-order chi connectivity index (χ0) is 17.5. The Hall–Kier alpha value is -2.04. The molecule has 5 heteroatoms. The summed E-state index contributed by atoms with van der Waals surface area (Å²) in [5.74, 6) is 1.45. The largest absolute Gasteiger partial charge is 0.497 e.